The number of benzene rings is 2. The summed E-state index contributed by atoms with van der Waals surface area (Å²) in [5.74, 6) is -2.28. The molecule has 0 bridgehead atoms. The SMILES string of the molecule is CC(C)CC(C(=O)NCc1ccc(C(=O)O)cc1)N1C(=O)c2ccccc2C1=O. The molecule has 0 fully saturated rings. The highest BCUT2D eigenvalue weighted by atomic mass is 16.4. The molecular weight excluding hydrogens is 372 g/mol. The summed E-state index contributed by atoms with van der Waals surface area (Å²) in [6.07, 6.45) is 0.343. The van der Waals surface area contributed by atoms with Crippen LogP contribution in [0.25, 0.3) is 0 Å². The van der Waals surface area contributed by atoms with E-state index >= 15 is 0 Å². The molecule has 150 valence electrons. The van der Waals surface area contributed by atoms with Crippen LogP contribution in [0, 0.1) is 5.92 Å². The zero-order chi connectivity index (χ0) is 21.1. The molecule has 3 amide bonds. The summed E-state index contributed by atoms with van der Waals surface area (Å²) >= 11 is 0. The second-order valence-corrected chi connectivity index (χ2v) is 7.39. The van der Waals surface area contributed by atoms with E-state index in [0.29, 0.717) is 23.1 Å². The molecule has 1 aliphatic rings. The van der Waals surface area contributed by atoms with Crippen molar-refractivity contribution < 1.29 is 24.3 Å². The Morgan fingerprint density at radius 2 is 1.52 bits per heavy atom. The van der Waals surface area contributed by atoms with Crippen molar-refractivity contribution in [3.63, 3.8) is 0 Å². The van der Waals surface area contributed by atoms with Gasteiger partial charge in [0.25, 0.3) is 11.8 Å². The van der Waals surface area contributed by atoms with Crippen molar-refractivity contribution in [2.45, 2.75) is 32.9 Å². The van der Waals surface area contributed by atoms with Gasteiger partial charge in [-0.05, 0) is 42.2 Å². The molecule has 1 heterocycles. The topological polar surface area (TPSA) is 104 Å². The lowest BCUT2D eigenvalue weighted by Gasteiger charge is -2.26. The van der Waals surface area contributed by atoms with E-state index in [-0.39, 0.29) is 18.0 Å². The third-order valence-corrected chi connectivity index (χ3v) is 4.80. The number of rotatable bonds is 7. The summed E-state index contributed by atoms with van der Waals surface area (Å²) in [5, 5.41) is 11.7. The number of carboxylic acid groups (broad SMARTS) is 1. The van der Waals surface area contributed by atoms with E-state index in [1.54, 1.807) is 36.4 Å². The maximum atomic E-state index is 12.9. The summed E-state index contributed by atoms with van der Waals surface area (Å²) in [6, 6.07) is 11.8. The molecule has 7 nitrogen and oxygen atoms in total. The van der Waals surface area contributed by atoms with Crippen LogP contribution in [0.15, 0.2) is 48.5 Å². The normalized spacial score (nSPS) is 14.1. The Hall–Kier alpha value is -3.48. The Morgan fingerprint density at radius 1 is 0.966 bits per heavy atom. The summed E-state index contributed by atoms with van der Waals surface area (Å²) in [7, 11) is 0. The minimum absolute atomic E-state index is 0.0879. The number of carbonyl (C=O) groups is 4. The van der Waals surface area contributed by atoms with Gasteiger partial charge in [-0.25, -0.2) is 4.79 Å². The molecule has 7 heteroatoms. The van der Waals surface area contributed by atoms with E-state index in [4.69, 9.17) is 5.11 Å². The monoisotopic (exact) mass is 394 g/mol. The van der Waals surface area contributed by atoms with E-state index in [9.17, 15) is 19.2 Å². The lowest BCUT2D eigenvalue weighted by molar-refractivity contribution is -0.125. The third kappa shape index (κ3) is 4.18. The van der Waals surface area contributed by atoms with Gasteiger partial charge in [0.05, 0.1) is 16.7 Å². The molecule has 2 N–H and O–H groups in total. The van der Waals surface area contributed by atoms with Crippen LogP contribution < -0.4 is 5.32 Å². The highest BCUT2D eigenvalue weighted by Gasteiger charge is 2.42. The molecule has 0 saturated carbocycles. The molecule has 1 atom stereocenters. The molecule has 0 saturated heterocycles. The van der Waals surface area contributed by atoms with Gasteiger partial charge in [0.1, 0.15) is 6.04 Å². The molecule has 1 unspecified atom stereocenters. The molecule has 29 heavy (non-hydrogen) atoms. The van der Waals surface area contributed by atoms with Gasteiger partial charge in [-0.15, -0.1) is 0 Å². The Morgan fingerprint density at radius 3 is 2.00 bits per heavy atom. The van der Waals surface area contributed by atoms with E-state index in [0.717, 1.165) is 4.90 Å². The largest absolute Gasteiger partial charge is 0.478 e. The van der Waals surface area contributed by atoms with Crippen molar-refractivity contribution in [1.82, 2.24) is 10.2 Å². The predicted octanol–water partition coefficient (Wildman–Crippen LogP) is 2.71. The van der Waals surface area contributed by atoms with Gasteiger partial charge in [0.2, 0.25) is 5.91 Å². The Kier molecular flexibility index (Phi) is 5.77. The van der Waals surface area contributed by atoms with Gasteiger partial charge >= 0.3 is 5.97 Å². The summed E-state index contributed by atoms with van der Waals surface area (Å²) in [6.45, 7) is 4.00. The fourth-order valence-electron chi connectivity index (χ4n) is 3.34. The molecule has 2 aromatic carbocycles. The lowest BCUT2D eigenvalue weighted by Crippen LogP contribution is -2.50. The first-order valence-electron chi connectivity index (χ1n) is 9.36. The molecule has 0 aliphatic carbocycles. The average molecular weight is 394 g/mol. The smallest absolute Gasteiger partial charge is 0.335 e. The van der Waals surface area contributed by atoms with Crippen molar-refractivity contribution >= 4 is 23.7 Å². The molecule has 0 aromatic heterocycles. The van der Waals surface area contributed by atoms with Crippen LogP contribution in [0.1, 0.15) is 56.9 Å². The number of carbonyl (C=O) groups excluding carboxylic acids is 3. The van der Waals surface area contributed by atoms with Crippen molar-refractivity contribution in [2.24, 2.45) is 5.92 Å². The quantitative estimate of drug-likeness (QED) is 0.703. The van der Waals surface area contributed by atoms with Crippen LogP contribution >= 0.6 is 0 Å². The standard InChI is InChI=1S/C22H22N2O5/c1-13(2)11-18(24-20(26)16-5-3-4-6-17(16)21(24)27)19(25)23-12-14-7-9-15(10-8-14)22(28)29/h3-10,13,18H,11-12H2,1-2H3,(H,23,25)(H,28,29). The predicted molar refractivity (Wildman–Crippen MR) is 105 cm³/mol. The number of hydrogen-bond donors (Lipinski definition) is 2. The fraction of sp³-hybridized carbons (Fsp3) is 0.273. The van der Waals surface area contributed by atoms with Gasteiger partial charge in [-0.1, -0.05) is 38.1 Å². The van der Waals surface area contributed by atoms with Crippen LogP contribution in [0.5, 0.6) is 0 Å². The maximum Gasteiger partial charge on any atom is 0.335 e. The third-order valence-electron chi connectivity index (χ3n) is 4.80. The first-order valence-corrected chi connectivity index (χ1v) is 9.36. The van der Waals surface area contributed by atoms with Crippen LogP contribution in [0.3, 0.4) is 0 Å². The molecule has 0 spiro atoms. The minimum atomic E-state index is -1.02. The van der Waals surface area contributed by atoms with Crippen LogP contribution in [-0.2, 0) is 11.3 Å². The zero-order valence-corrected chi connectivity index (χ0v) is 16.2. The second-order valence-electron chi connectivity index (χ2n) is 7.39. The highest BCUT2D eigenvalue weighted by Crippen LogP contribution is 2.27. The number of nitrogens with one attached hydrogen (secondary N) is 1. The van der Waals surface area contributed by atoms with Crippen molar-refractivity contribution in [3.05, 3.63) is 70.8 Å². The lowest BCUT2D eigenvalue weighted by atomic mass is 10.0. The Labute approximate surface area is 168 Å². The van der Waals surface area contributed by atoms with Gasteiger partial charge < -0.3 is 10.4 Å². The summed E-state index contributed by atoms with van der Waals surface area (Å²) in [4.78, 5) is 50.4. The first kappa shape index (κ1) is 20.3. The van der Waals surface area contributed by atoms with Gasteiger partial charge in [-0.2, -0.15) is 0 Å². The van der Waals surface area contributed by atoms with Crippen molar-refractivity contribution in [1.29, 1.82) is 0 Å². The number of fused-ring (bicyclic) bond motifs is 1. The summed E-state index contributed by atoms with van der Waals surface area (Å²) < 4.78 is 0. The Balaban J connectivity index is 1.77. The number of aromatic carboxylic acids is 1. The van der Waals surface area contributed by atoms with Crippen LogP contribution in [0.2, 0.25) is 0 Å². The first-order chi connectivity index (χ1) is 13.8. The molecule has 3 rings (SSSR count). The van der Waals surface area contributed by atoms with Crippen LogP contribution in [0.4, 0.5) is 0 Å². The van der Waals surface area contributed by atoms with Crippen molar-refractivity contribution in [3.8, 4) is 0 Å². The fourth-order valence-corrected chi connectivity index (χ4v) is 3.34. The maximum absolute atomic E-state index is 12.9. The second kappa shape index (κ2) is 8.26. The zero-order valence-electron chi connectivity index (χ0n) is 16.2. The van der Waals surface area contributed by atoms with E-state index in [1.165, 1.54) is 12.1 Å². The molecule has 0 radical (unpaired) electrons. The molecule has 2 aromatic rings. The highest BCUT2D eigenvalue weighted by molar-refractivity contribution is 6.22. The molecule has 1 aliphatic heterocycles. The van der Waals surface area contributed by atoms with E-state index in [2.05, 4.69) is 5.32 Å². The van der Waals surface area contributed by atoms with Gasteiger partial charge in [0.15, 0.2) is 0 Å². The number of nitrogens with zero attached hydrogens (tertiary/aromatic N) is 1. The van der Waals surface area contributed by atoms with Crippen molar-refractivity contribution in [2.75, 3.05) is 0 Å². The number of amides is 3. The van der Waals surface area contributed by atoms with E-state index < -0.39 is 29.7 Å². The number of hydrogen-bond acceptors (Lipinski definition) is 4. The summed E-state index contributed by atoms with van der Waals surface area (Å²) in [5.41, 5.74) is 1.49. The molecular formula is C22H22N2O5. The minimum Gasteiger partial charge on any atom is -0.478 e. The number of carboxylic acids is 1. The number of imide groups is 1. The van der Waals surface area contributed by atoms with Crippen LogP contribution in [-0.4, -0.2) is 39.7 Å². The van der Waals surface area contributed by atoms with E-state index in [1.807, 2.05) is 13.8 Å². The van der Waals surface area contributed by atoms with Gasteiger partial charge in [-0.3, -0.25) is 19.3 Å². The Bertz CT molecular complexity index is 930. The van der Waals surface area contributed by atoms with Gasteiger partial charge in [0, 0.05) is 6.54 Å². The average Bonchev–Trinajstić information content (AvgIpc) is 2.95.